The van der Waals surface area contributed by atoms with Gasteiger partial charge in [0.2, 0.25) is 0 Å². The molecule has 5 heteroatoms. The minimum absolute atomic E-state index is 0.317. The molecule has 5 nitrogen and oxygen atoms in total. The smallest absolute Gasteiger partial charge is 0.146 e. The first-order valence-corrected chi connectivity index (χ1v) is 7.97. The maximum absolute atomic E-state index is 4.56. The van der Waals surface area contributed by atoms with Crippen LogP contribution in [0.15, 0.2) is 12.4 Å². The van der Waals surface area contributed by atoms with E-state index in [0.717, 1.165) is 37.6 Å². The maximum Gasteiger partial charge on any atom is 0.146 e. The third-order valence-corrected chi connectivity index (χ3v) is 4.58. The summed E-state index contributed by atoms with van der Waals surface area (Å²) in [6.45, 7) is 5.00. The molecule has 1 fully saturated rings. The average Bonchev–Trinajstić information content (AvgIpc) is 2.43. The van der Waals surface area contributed by atoms with Crippen molar-refractivity contribution in [2.24, 2.45) is 0 Å². The first kappa shape index (κ1) is 16.2. The van der Waals surface area contributed by atoms with Gasteiger partial charge in [-0.25, -0.2) is 4.98 Å². The van der Waals surface area contributed by atoms with Crippen molar-refractivity contribution in [1.82, 2.24) is 20.2 Å². The zero-order valence-electron chi connectivity index (χ0n) is 13.9. The van der Waals surface area contributed by atoms with Gasteiger partial charge in [-0.15, -0.1) is 0 Å². The molecule has 1 aliphatic carbocycles. The van der Waals surface area contributed by atoms with Crippen molar-refractivity contribution in [2.45, 2.75) is 44.7 Å². The predicted octanol–water partition coefficient (Wildman–Crippen LogP) is 1.90. The fourth-order valence-electron chi connectivity index (χ4n) is 2.88. The van der Waals surface area contributed by atoms with E-state index in [4.69, 9.17) is 0 Å². The lowest BCUT2D eigenvalue weighted by Gasteiger charge is -2.49. The second-order valence-corrected chi connectivity index (χ2v) is 6.37. The Balaban J connectivity index is 1.92. The summed E-state index contributed by atoms with van der Waals surface area (Å²) in [4.78, 5) is 13.7. The van der Waals surface area contributed by atoms with Crippen LogP contribution in [0.4, 0.5) is 5.82 Å². The summed E-state index contributed by atoms with van der Waals surface area (Å²) in [5.74, 6) is 0.961. The second-order valence-electron chi connectivity index (χ2n) is 6.37. The normalized spacial score (nSPS) is 16.8. The Hall–Kier alpha value is -1.20. The number of aromatic nitrogens is 2. The van der Waals surface area contributed by atoms with Crippen molar-refractivity contribution >= 4 is 5.82 Å². The fraction of sp³-hybridized carbons (Fsp3) is 0.750. The molecule has 1 N–H and O–H groups in total. The lowest BCUT2D eigenvalue weighted by molar-refractivity contribution is 0.0681. The Labute approximate surface area is 128 Å². The van der Waals surface area contributed by atoms with E-state index in [1.165, 1.54) is 19.3 Å². The van der Waals surface area contributed by atoms with E-state index >= 15 is 0 Å². The molecule has 21 heavy (non-hydrogen) atoms. The Morgan fingerprint density at radius 2 is 1.95 bits per heavy atom. The van der Waals surface area contributed by atoms with Gasteiger partial charge in [0.05, 0.1) is 18.1 Å². The van der Waals surface area contributed by atoms with Crippen molar-refractivity contribution in [1.29, 1.82) is 0 Å². The third-order valence-electron chi connectivity index (χ3n) is 4.58. The zero-order valence-corrected chi connectivity index (χ0v) is 13.9. The summed E-state index contributed by atoms with van der Waals surface area (Å²) >= 11 is 0. The first-order valence-electron chi connectivity index (χ1n) is 7.97. The molecule has 0 aromatic carbocycles. The largest absolute Gasteiger partial charge is 0.357 e. The van der Waals surface area contributed by atoms with Gasteiger partial charge >= 0.3 is 0 Å². The van der Waals surface area contributed by atoms with Crippen molar-refractivity contribution in [2.75, 3.05) is 39.1 Å². The standard InChI is InChI=1S/C16H29N5/c1-5-9-17-10-14-11-19-15(12-18-14)21(4)13-16(20(2)3)7-6-8-16/h11-12,17H,5-10,13H2,1-4H3. The van der Waals surface area contributed by atoms with E-state index in [1.54, 1.807) is 0 Å². The average molecular weight is 291 g/mol. The van der Waals surface area contributed by atoms with E-state index in [2.05, 4.69) is 53.2 Å². The summed E-state index contributed by atoms with van der Waals surface area (Å²) < 4.78 is 0. The number of anilines is 1. The molecule has 0 spiro atoms. The molecule has 0 atom stereocenters. The van der Waals surface area contributed by atoms with Gasteiger partial charge < -0.3 is 15.1 Å². The van der Waals surface area contributed by atoms with Crippen LogP contribution < -0.4 is 10.2 Å². The number of nitrogens with one attached hydrogen (secondary N) is 1. The van der Waals surface area contributed by atoms with Crippen LogP contribution in [0.2, 0.25) is 0 Å². The molecule has 118 valence electrons. The van der Waals surface area contributed by atoms with Gasteiger partial charge in [-0.05, 0) is 46.3 Å². The molecule has 0 amide bonds. The highest BCUT2D eigenvalue weighted by Crippen LogP contribution is 2.37. The van der Waals surface area contributed by atoms with Crippen LogP contribution >= 0.6 is 0 Å². The van der Waals surface area contributed by atoms with Gasteiger partial charge in [-0.3, -0.25) is 4.98 Å². The number of likely N-dealkylation sites (N-methyl/N-ethyl adjacent to an activating group) is 2. The number of nitrogens with zero attached hydrogens (tertiary/aromatic N) is 4. The van der Waals surface area contributed by atoms with Crippen molar-refractivity contribution in [3.8, 4) is 0 Å². The number of hydrogen-bond acceptors (Lipinski definition) is 5. The molecule has 0 saturated heterocycles. The topological polar surface area (TPSA) is 44.3 Å². The molecule has 0 bridgehead atoms. The lowest BCUT2D eigenvalue weighted by Crippen LogP contribution is -2.56. The molecule has 0 radical (unpaired) electrons. The predicted molar refractivity (Wildman–Crippen MR) is 87.6 cm³/mol. The van der Waals surface area contributed by atoms with Crippen LogP contribution in [0.25, 0.3) is 0 Å². The van der Waals surface area contributed by atoms with Crippen molar-refractivity contribution in [3.05, 3.63) is 18.1 Å². The highest BCUT2D eigenvalue weighted by Gasteiger charge is 2.40. The zero-order chi connectivity index (χ0) is 15.3. The highest BCUT2D eigenvalue weighted by atomic mass is 15.3. The Bertz CT molecular complexity index is 425. The second kappa shape index (κ2) is 7.18. The lowest BCUT2D eigenvalue weighted by atomic mass is 9.75. The fourth-order valence-corrected chi connectivity index (χ4v) is 2.88. The number of hydrogen-bond donors (Lipinski definition) is 1. The van der Waals surface area contributed by atoms with Gasteiger partial charge in [-0.1, -0.05) is 6.92 Å². The minimum atomic E-state index is 0.317. The minimum Gasteiger partial charge on any atom is -0.357 e. The molecule has 1 saturated carbocycles. The van der Waals surface area contributed by atoms with Gasteiger partial charge in [0.1, 0.15) is 5.82 Å². The highest BCUT2D eigenvalue weighted by molar-refractivity contribution is 5.35. The van der Waals surface area contributed by atoms with E-state index in [0.29, 0.717) is 5.54 Å². The summed E-state index contributed by atoms with van der Waals surface area (Å²) in [6, 6.07) is 0. The SMILES string of the molecule is CCCNCc1cnc(N(C)CC2(N(C)C)CCC2)cn1. The quantitative estimate of drug-likeness (QED) is 0.741. The summed E-state index contributed by atoms with van der Waals surface area (Å²) in [7, 11) is 6.48. The summed E-state index contributed by atoms with van der Waals surface area (Å²) in [5, 5.41) is 3.35. The molecular weight excluding hydrogens is 262 g/mol. The van der Waals surface area contributed by atoms with E-state index < -0.39 is 0 Å². The van der Waals surface area contributed by atoms with Crippen LogP contribution in [0.3, 0.4) is 0 Å². The van der Waals surface area contributed by atoms with Gasteiger partial charge in [0.25, 0.3) is 0 Å². The van der Waals surface area contributed by atoms with Crippen LogP contribution in [0.5, 0.6) is 0 Å². The van der Waals surface area contributed by atoms with E-state index in [9.17, 15) is 0 Å². The molecule has 2 rings (SSSR count). The van der Waals surface area contributed by atoms with Crippen molar-refractivity contribution in [3.63, 3.8) is 0 Å². The Kier molecular flexibility index (Phi) is 5.53. The monoisotopic (exact) mass is 291 g/mol. The molecular formula is C16H29N5. The molecule has 0 unspecified atom stereocenters. The molecule has 0 aliphatic heterocycles. The molecule has 1 aliphatic rings. The Morgan fingerprint density at radius 3 is 2.43 bits per heavy atom. The summed E-state index contributed by atoms with van der Waals surface area (Å²) in [5.41, 5.74) is 1.32. The van der Waals surface area contributed by atoms with Gasteiger partial charge in [0, 0.05) is 25.7 Å². The number of rotatable bonds is 8. The molecule has 1 aromatic heterocycles. The third kappa shape index (κ3) is 3.92. The summed E-state index contributed by atoms with van der Waals surface area (Å²) in [6.07, 6.45) is 8.80. The first-order chi connectivity index (χ1) is 10.1. The van der Waals surface area contributed by atoms with Crippen LogP contribution in [-0.4, -0.2) is 54.6 Å². The van der Waals surface area contributed by atoms with Crippen LogP contribution in [0, 0.1) is 0 Å². The van der Waals surface area contributed by atoms with Crippen LogP contribution in [0.1, 0.15) is 38.3 Å². The van der Waals surface area contributed by atoms with E-state index in [-0.39, 0.29) is 0 Å². The van der Waals surface area contributed by atoms with E-state index in [1.807, 2.05) is 12.4 Å². The van der Waals surface area contributed by atoms with Crippen LogP contribution in [-0.2, 0) is 6.54 Å². The van der Waals surface area contributed by atoms with Gasteiger partial charge in [0.15, 0.2) is 0 Å². The molecule has 1 heterocycles. The Morgan fingerprint density at radius 1 is 1.19 bits per heavy atom. The maximum atomic E-state index is 4.56. The van der Waals surface area contributed by atoms with Gasteiger partial charge in [-0.2, -0.15) is 0 Å². The van der Waals surface area contributed by atoms with Crippen molar-refractivity contribution < 1.29 is 0 Å². The molecule has 1 aromatic rings.